The van der Waals surface area contributed by atoms with Crippen molar-refractivity contribution in [2.45, 2.75) is 114 Å². The zero-order valence-electron chi connectivity index (χ0n) is 16.0. The molecule has 11 atom stereocenters. The van der Waals surface area contributed by atoms with Crippen LogP contribution in [0.3, 0.4) is 0 Å². The fourth-order valence-corrected chi connectivity index (χ4v) is 3.88. The molecule has 0 aliphatic carbocycles. The van der Waals surface area contributed by atoms with Crippen molar-refractivity contribution in [2.75, 3.05) is 0 Å². The Morgan fingerprint density at radius 2 is 1.41 bits per heavy atom. The summed E-state index contributed by atoms with van der Waals surface area (Å²) in [5, 5.41) is 40.0. The predicted molar refractivity (Wildman–Crippen MR) is 91.5 cm³/mol. The molecule has 0 amide bonds. The van der Waals surface area contributed by atoms with Crippen LogP contribution in [0.4, 0.5) is 0 Å². The van der Waals surface area contributed by atoms with Crippen LogP contribution < -0.4 is 0 Å². The molecule has 9 heteroatoms. The van der Waals surface area contributed by atoms with Gasteiger partial charge in [-0.15, -0.1) is 0 Å². The summed E-state index contributed by atoms with van der Waals surface area (Å²) in [5.41, 5.74) is 0. The number of hydrogen-bond donors (Lipinski definition) is 4. The zero-order valence-corrected chi connectivity index (χ0v) is 16.0. The molecule has 4 N–H and O–H groups in total. The normalized spacial score (nSPS) is 51.9. The van der Waals surface area contributed by atoms with Gasteiger partial charge in [0.05, 0.1) is 36.6 Å². The molecule has 3 heterocycles. The van der Waals surface area contributed by atoms with Gasteiger partial charge in [-0.25, -0.2) is 0 Å². The van der Waals surface area contributed by atoms with Crippen LogP contribution in [-0.4, -0.2) is 88.1 Å². The molecular weight excluding hydrogens is 360 g/mol. The lowest BCUT2D eigenvalue weighted by atomic mass is 10.00. The molecular formula is C18H32O9. The maximum absolute atomic E-state index is 10.4. The molecule has 3 aliphatic rings. The van der Waals surface area contributed by atoms with Crippen LogP contribution >= 0.6 is 0 Å². The lowest BCUT2D eigenvalue weighted by Crippen LogP contribution is -2.55. The van der Waals surface area contributed by atoms with Crippen molar-refractivity contribution in [3.8, 4) is 0 Å². The summed E-state index contributed by atoms with van der Waals surface area (Å²) in [6.45, 7) is 5.23. The molecule has 0 aromatic rings. The van der Waals surface area contributed by atoms with E-state index in [9.17, 15) is 20.4 Å². The van der Waals surface area contributed by atoms with Gasteiger partial charge < -0.3 is 44.1 Å². The Balaban J connectivity index is 1.58. The summed E-state index contributed by atoms with van der Waals surface area (Å²) in [6.07, 6.45) is -5.57. The van der Waals surface area contributed by atoms with Gasteiger partial charge in [-0.3, -0.25) is 0 Å². The minimum Gasteiger partial charge on any atom is -0.390 e. The molecule has 0 spiro atoms. The molecule has 0 aromatic carbocycles. The van der Waals surface area contributed by atoms with Gasteiger partial charge in [0.2, 0.25) is 0 Å². The van der Waals surface area contributed by atoms with Gasteiger partial charge in [-0.05, 0) is 27.2 Å². The van der Waals surface area contributed by atoms with Crippen molar-refractivity contribution in [1.29, 1.82) is 0 Å². The third kappa shape index (κ3) is 5.17. The highest BCUT2D eigenvalue weighted by Gasteiger charge is 2.43. The van der Waals surface area contributed by atoms with E-state index >= 15 is 0 Å². The van der Waals surface area contributed by atoms with E-state index in [-0.39, 0.29) is 18.9 Å². The largest absolute Gasteiger partial charge is 0.390 e. The van der Waals surface area contributed by atoms with Crippen molar-refractivity contribution in [3.63, 3.8) is 0 Å². The van der Waals surface area contributed by atoms with Gasteiger partial charge in [0.25, 0.3) is 0 Å². The number of aliphatic hydroxyl groups is 4. The average Bonchev–Trinajstić information content (AvgIpc) is 2.58. The summed E-state index contributed by atoms with van der Waals surface area (Å²) in [7, 11) is 0. The Labute approximate surface area is 159 Å². The van der Waals surface area contributed by atoms with Crippen LogP contribution in [0.5, 0.6) is 0 Å². The van der Waals surface area contributed by atoms with Crippen molar-refractivity contribution in [1.82, 2.24) is 0 Å². The van der Waals surface area contributed by atoms with E-state index in [1.807, 2.05) is 0 Å². The number of ether oxygens (including phenoxy) is 5. The van der Waals surface area contributed by atoms with Crippen molar-refractivity contribution < 1.29 is 44.1 Å². The highest BCUT2D eigenvalue weighted by atomic mass is 16.7. The Hall–Kier alpha value is -0.360. The summed E-state index contributed by atoms with van der Waals surface area (Å²) in [5.74, 6) is 0. The quantitative estimate of drug-likeness (QED) is 0.506. The second-order valence-corrected chi connectivity index (χ2v) is 7.79. The summed E-state index contributed by atoms with van der Waals surface area (Å²) in [6, 6.07) is 0. The molecule has 3 aliphatic heterocycles. The van der Waals surface area contributed by atoms with Crippen LogP contribution in [-0.2, 0) is 23.7 Å². The summed E-state index contributed by atoms with van der Waals surface area (Å²) in [4.78, 5) is 0. The Morgan fingerprint density at radius 3 is 2.07 bits per heavy atom. The van der Waals surface area contributed by atoms with Crippen molar-refractivity contribution in [2.24, 2.45) is 0 Å². The van der Waals surface area contributed by atoms with Crippen LogP contribution in [0.2, 0.25) is 0 Å². The lowest BCUT2D eigenvalue weighted by molar-refractivity contribution is -0.325. The predicted octanol–water partition coefficient (Wildman–Crippen LogP) is -0.373. The highest BCUT2D eigenvalue weighted by molar-refractivity contribution is 4.86. The molecule has 27 heavy (non-hydrogen) atoms. The third-order valence-corrected chi connectivity index (χ3v) is 5.55. The van der Waals surface area contributed by atoms with E-state index in [0.717, 1.165) is 0 Å². The second kappa shape index (κ2) is 8.98. The topological polar surface area (TPSA) is 127 Å². The summed E-state index contributed by atoms with van der Waals surface area (Å²) >= 11 is 0. The van der Waals surface area contributed by atoms with Gasteiger partial charge in [-0.1, -0.05) is 0 Å². The maximum Gasteiger partial charge on any atom is 0.161 e. The average molecular weight is 392 g/mol. The van der Waals surface area contributed by atoms with Crippen LogP contribution in [0, 0.1) is 0 Å². The maximum atomic E-state index is 10.4. The number of rotatable bonds is 4. The van der Waals surface area contributed by atoms with Crippen molar-refractivity contribution >= 4 is 0 Å². The van der Waals surface area contributed by atoms with Crippen LogP contribution in [0.1, 0.15) is 46.5 Å². The van der Waals surface area contributed by atoms with Crippen LogP contribution in [0.15, 0.2) is 0 Å². The molecule has 158 valence electrons. The fraction of sp³-hybridized carbons (Fsp3) is 1.00. The van der Waals surface area contributed by atoms with E-state index in [4.69, 9.17) is 23.7 Å². The zero-order chi connectivity index (χ0) is 19.7. The molecule has 0 bridgehead atoms. The van der Waals surface area contributed by atoms with E-state index in [1.165, 1.54) is 0 Å². The lowest BCUT2D eigenvalue weighted by Gasteiger charge is -2.43. The third-order valence-electron chi connectivity index (χ3n) is 5.55. The highest BCUT2D eigenvalue weighted by Crippen LogP contribution is 2.31. The molecule has 3 rings (SSSR count). The molecule has 0 saturated carbocycles. The smallest absolute Gasteiger partial charge is 0.161 e. The van der Waals surface area contributed by atoms with E-state index < -0.39 is 61.6 Å². The first-order valence-electron chi connectivity index (χ1n) is 9.74. The Kier molecular flexibility index (Phi) is 7.10. The van der Waals surface area contributed by atoms with Gasteiger partial charge in [0.1, 0.15) is 12.2 Å². The van der Waals surface area contributed by atoms with Gasteiger partial charge in [0, 0.05) is 19.3 Å². The van der Waals surface area contributed by atoms with E-state index in [2.05, 4.69) is 0 Å². The van der Waals surface area contributed by atoms with E-state index in [1.54, 1.807) is 20.8 Å². The Bertz CT molecular complexity index is 466. The standard InChI is InChI=1S/C18H32O9/c1-8-11(19)4-5-15(24-8)26-13-7-16(25-9(2)17(13)22)27-18-10(3)23-14(21)6-12(18)20/h8-22H,4-7H2,1-3H3/t8-,9+,10+,11-,12+,13+,14+,15-,16-,17+,18+/m0/s1. The molecule has 3 saturated heterocycles. The first kappa shape index (κ1) is 21.4. The minimum absolute atomic E-state index is 0.0654. The first-order valence-corrected chi connectivity index (χ1v) is 9.74. The molecule has 9 nitrogen and oxygen atoms in total. The van der Waals surface area contributed by atoms with Gasteiger partial charge >= 0.3 is 0 Å². The van der Waals surface area contributed by atoms with Gasteiger partial charge in [-0.2, -0.15) is 0 Å². The molecule has 0 unspecified atom stereocenters. The minimum atomic E-state index is -1.01. The van der Waals surface area contributed by atoms with Crippen molar-refractivity contribution in [3.05, 3.63) is 0 Å². The molecule has 0 radical (unpaired) electrons. The van der Waals surface area contributed by atoms with Crippen LogP contribution in [0.25, 0.3) is 0 Å². The summed E-state index contributed by atoms with van der Waals surface area (Å²) < 4.78 is 28.6. The Morgan fingerprint density at radius 1 is 0.704 bits per heavy atom. The van der Waals surface area contributed by atoms with Gasteiger partial charge in [0.15, 0.2) is 18.9 Å². The fourth-order valence-electron chi connectivity index (χ4n) is 3.88. The number of hydrogen-bond acceptors (Lipinski definition) is 9. The first-order chi connectivity index (χ1) is 12.7. The SMILES string of the molecule is C[C@@H]1O[C@@H](O[C@@H]2C[C@H](O[C@H]3[C@H](O)C[C@H](O)O[C@@H]3C)O[C@H](C)[C@H]2O)CC[C@@H]1O. The second-order valence-electron chi connectivity index (χ2n) is 7.79. The van der Waals surface area contributed by atoms with E-state index in [0.29, 0.717) is 12.8 Å². The monoisotopic (exact) mass is 392 g/mol. The number of aliphatic hydroxyl groups excluding tert-OH is 4. The molecule has 3 fully saturated rings. The molecule has 0 aromatic heterocycles.